The summed E-state index contributed by atoms with van der Waals surface area (Å²) in [6.45, 7) is 0. The molecule has 0 aromatic carbocycles. The van der Waals surface area contributed by atoms with E-state index < -0.39 is 35.3 Å². The molecule has 0 unspecified atom stereocenters. The molecule has 0 atom stereocenters. The SMILES string of the molecule is Cn1c(Nc2cc(C(F)(F)F)cn(C3CC(O)C3)c2=O)nc2ncc(O/C(=C/N)c3cc(F)ccn3)c(Cl)c21. The van der Waals surface area contributed by atoms with Gasteiger partial charge in [-0.05, 0) is 25.0 Å². The fourth-order valence-electron chi connectivity index (χ4n) is 4.15. The van der Waals surface area contributed by atoms with Crippen LogP contribution >= 0.6 is 11.6 Å². The van der Waals surface area contributed by atoms with Crippen LogP contribution in [0.1, 0.15) is 30.1 Å². The quantitative estimate of drug-likeness (QED) is 0.235. The van der Waals surface area contributed by atoms with Gasteiger partial charge in [-0.3, -0.25) is 9.78 Å². The highest BCUT2D eigenvalue weighted by Gasteiger charge is 2.36. The van der Waals surface area contributed by atoms with Crippen LogP contribution in [0.25, 0.3) is 16.9 Å². The first-order chi connectivity index (χ1) is 18.5. The van der Waals surface area contributed by atoms with Crippen molar-refractivity contribution < 1.29 is 27.4 Å². The first-order valence-electron chi connectivity index (χ1n) is 11.5. The number of rotatable bonds is 6. The Kier molecular flexibility index (Phi) is 6.68. The number of nitrogens with one attached hydrogen (secondary N) is 1. The summed E-state index contributed by atoms with van der Waals surface area (Å²) in [6.07, 6.45) is -0.779. The van der Waals surface area contributed by atoms with Crippen molar-refractivity contribution in [1.82, 2.24) is 24.1 Å². The molecule has 4 N–H and O–H groups in total. The van der Waals surface area contributed by atoms with Crippen molar-refractivity contribution in [3.8, 4) is 5.75 Å². The van der Waals surface area contributed by atoms with Crippen LogP contribution in [0, 0.1) is 5.82 Å². The van der Waals surface area contributed by atoms with E-state index in [1.54, 1.807) is 0 Å². The van der Waals surface area contributed by atoms with Crippen molar-refractivity contribution in [3.63, 3.8) is 0 Å². The van der Waals surface area contributed by atoms with Crippen molar-refractivity contribution in [3.05, 3.63) is 75.4 Å². The molecule has 5 rings (SSSR count). The molecule has 1 saturated carbocycles. The Morgan fingerprint density at radius 1 is 1.31 bits per heavy atom. The lowest BCUT2D eigenvalue weighted by molar-refractivity contribution is -0.138. The van der Waals surface area contributed by atoms with E-state index in [9.17, 15) is 27.5 Å². The van der Waals surface area contributed by atoms with Gasteiger partial charge in [0.1, 0.15) is 27.7 Å². The number of imidazole rings is 1. The van der Waals surface area contributed by atoms with Crippen molar-refractivity contribution in [2.75, 3.05) is 5.32 Å². The first-order valence-corrected chi connectivity index (χ1v) is 11.8. The van der Waals surface area contributed by atoms with Gasteiger partial charge < -0.3 is 30.0 Å². The third-order valence-corrected chi connectivity index (χ3v) is 6.61. The van der Waals surface area contributed by atoms with Gasteiger partial charge in [-0.15, -0.1) is 0 Å². The zero-order valence-corrected chi connectivity index (χ0v) is 20.8. The minimum atomic E-state index is -4.72. The predicted octanol–water partition coefficient (Wildman–Crippen LogP) is 4.11. The molecular formula is C24H20ClF4N7O3. The second-order valence-corrected chi connectivity index (χ2v) is 9.23. The molecule has 1 aliphatic rings. The monoisotopic (exact) mass is 565 g/mol. The number of nitrogens with zero attached hydrogens (tertiary/aromatic N) is 5. The molecule has 39 heavy (non-hydrogen) atoms. The number of aliphatic hydroxyl groups excluding tert-OH is 1. The lowest BCUT2D eigenvalue weighted by atomic mass is 9.89. The van der Waals surface area contributed by atoms with Crippen LogP contribution in [0.15, 0.2) is 47.8 Å². The van der Waals surface area contributed by atoms with Gasteiger partial charge in [-0.25, -0.2) is 9.37 Å². The average molecular weight is 566 g/mol. The lowest BCUT2D eigenvalue weighted by Gasteiger charge is -2.33. The van der Waals surface area contributed by atoms with E-state index in [1.807, 2.05) is 0 Å². The largest absolute Gasteiger partial charge is 0.450 e. The summed E-state index contributed by atoms with van der Waals surface area (Å²) < 4.78 is 62.5. The number of aliphatic hydroxyl groups is 1. The number of halogens is 5. The Morgan fingerprint density at radius 2 is 2.05 bits per heavy atom. The molecule has 0 amide bonds. The maximum atomic E-state index is 13.6. The first kappa shape index (κ1) is 26.4. The van der Waals surface area contributed by atoms with Crippen LogP contribution in [-0.4, -0.2) is 35.3 Å². The van der Waals surface area contributed by atoms with Crippen LogP contribution in [0.3, 0.4) is 0 Å². The van der Waals surface area contributed by atoms with Crippen LogP contribution in [0.4, 0.5) is 29.2 Å². The van der Waals surface area contributed by atoms with Crippen molar-refractivity contribution in [1.29, 1.82) is 0 Å². The molecule has 4 aromatic rings. The Hall–Kier alpha value is -4.17. The number of fused-ring (bicyclic) bond motifs is 1. The van der Waals surface area contributed by atoms with Gasteiger partial charge in [0.2, 0.25) is 5.95 Å². The minimum Gasteiger partial charge on any atom is -0.450 e. The summed E-state index contributed by atoms with van der Waals surface area (Å²) in [6, 6.07) is 2.39. The van der Waals surface area contributed by atoms with E-state index in [-0.39, 0.29) is 57.9 Å². The van der Waals surface area contributed by atoms with Gasteiger partial charge in [-0.1, -0.05) is 11.6 Å². The lowest BCUT2D eigenvalue weighted by Crippen LogP contribution is -2.37. The molecule has 0 bridgehead atoms. The maximum Gasteiger partial charge on any atom is 0.417 e. The van der Waals surface area contributed by atoms with E-state index in [0.717, 1.165) is 29.1 Å². The maximum absolute atomic E-state index is 13.6. The summed E-state index contributed by atoms with van der Waals surface area (Å²) in [7, 11) is 1.51. The molecule has 4 aromatic heterocycles. The number of ether oxygens (including phenoxy) is 1. The van der Waals surface area contributed by atoms with E-state index in [4.69, 9.17) is 22.1 Å². The van der Waals surface area contributed by atoms with Crippen LogP contribution in [0.2, 0.25) is 5.02 Å². The summed E-state index contributed by atoms with van der Waals surface area (Å²) in [4.78, 5) is 25.5. The standard InChI is InChI=1S/C24H20ClF4N7O3/c1-35-20-19(25)18(39-17(8-30)15-5-12(26)2-3-31-15)9-32-21(20)34-23(35)33-16-4-11(24(27,28)29)10-36(22(16)38)13-6-14(37)7-13/h2-5,8-10,13-14,37H,6-7,30H2,1H3,(H,32,33,34)/b17-8+. The highest BCUT2D eigenvalue weighted by Crippen LogP contribution is 2.37. The van der Waals surface area contributed by atoms with Crippen molar-refractivity contribution in [2.45, 2.75) is 31.2 Å². The van der Waals surface area contributed by atoms with E-state index in [1.165, 1.54) is 24.0 Å². The average Bonchev–Trinajstić information content (AvgIpc) is 3.18. The zero-order chi connectivity index (χ0) is 28.1. The number of hydrogen-bond acceptors (Lipinski definition) is 8. The molecule has 4 heterocycles. The van der Waals surface area contributed by atoms with Crippen LogP contribution < -0.4 is 21.3 Å². The number of hydrogen-bond donors (Lipinski definition) is 3. The van der Waals surface area contributed by atoms with Crippen LogP contribution in [0.5, 0.6) is 5.75 Å². The summed E-state index contributed by atoms with van der Waals surface area (Å²) in [5.74, 6) is -0.572. The molecular weight excluding hydrogens is 546 g/mol. The fraction of sp³-hybridized carbons (Fsp3) is 0.250. The normalized spacial score (nSPS) is 17.8. The third kappa shape index (κ3) is 5.00. The van der Waals surface area contributed by atoms with Gasteiger partial charge in [0.25, 0.3) is 5.56 Å². The third-order valence-electron chi connectivity index (χ3n) is 6.25. The smallest absolute Gasteiger partial charge is 0.417 e. The van der Waals surface area contributed by atoms with Crippen molar-refractivity contribution in [2.24, 2.45) is 12.8 Å². The molecule has 1 fully saturated rings. The molecule has 0 saturated heterocycles. The van der Waals surface area contributed by atoms with Gasteiger partial charge >= 0.3 is 6.18 Å². The van der Waals surface area contributed by atoms with Gasteiger partial charge in [0.05, 0.1) is 17.9 Å². The van der Waals surface area contributed by atoms with Gasteiger partial charge in [0, 0.05) is 37.7 Å². The summed E-state index contributed by atoms with van der Waals surface area (Å²) >= 11 is 6.55. The zero-order valence-electron chi connectivity index (χ0n) is 20.1. The number of pyridine rings is 3. The molecule has 15 heteroatoms. The molecule has 204 valence electrons. The molecule has 0 spiro atoms. The Balaban J connectivity index is 1.51. The molecule has 1 aliphatic carbocycles. The fourth-order valence-corrected chi connectivity index (χ4v) is 4.45. The summed E-state index contributed by atoms with van der Waals surface area (Å²) in [5, 5.41) is 12.3. The number of aromatic nitrogens is 5. The molecule has 0 radical (unpaired) electrons. The topological polar surface area (TPSA) is 133 Å². The minimum absolute atomic E-state index is 0.0105. The van der Waals surface area contributed by atoms with E-state index in [0.29, 0.717) is 6.07 Å². The Bertz CT molecular complexity index is 1660. The molecule has 10 nitrogen and oxygen atoms in total. The number of alkyl halides is 3. The van der Waals surface area contributed by atoms with Gasteiger partial charge in [0.15, 0.2) is 17.2 Å². The summed E-state index contributed by atoms with van der Waals surface area (Å²) in [5.41, 5.74) is 3.94. The second kappa shape index (κ2) is 9.85. The second-order valence-electron chi connectivity index (χ2n) is 8.85. The number of nitrogens with two attached hydrogens (primary N) is 1. The van der Waals surface area contributed by atoms with Gasteiger partial charge in [-0.2, -0.15) is 18.2 Å². The Labute approximate surface area is 222 Å². The van der Waals surface area contributed by atoms with E-state index in [2.05, 4.69) is 20.3 Å². The molecule has 0 aliphatic heterocycles. The highest BCUT2D eigenvalue weighted by atomic mass is 35.5. The highest BCUT2D eigenvalue weighted by molar-refractivity contribution is 6.36. The van der Waals surface area contributed by atoms with Crippen molar-refractivity contribution >= 4 is 40.2 Å². The number of anilines is 2. The van der Waals surface area contributed by atoms with Crippen LogP contribution in [-0.2, 0) is 13.2 Å². The predicted molar refractivity (Wildman–Crippen MR) is 134 cm³/mol. The Morgan fingerprint density at radius 3 is 2.69 bits per heavy atom. The van der Waals surface area contributed by atoms with E-state index >= 15 is 0 Å². The number of aryl methyl sites for hydroxylation is 1.